The van der Waals surface area contributed by atoms with Crippen molar-refractivity contribution in [1.29, 1.82) is 0 Å². The Bertz CT molecular complexity index is 998. The summed E-state index contributed by atoms with van der Waals surface area (Å²) in [7, 11) is -3.60. The van der Waals surface area contributed by atoms with Gasteiger partial charge >= 0.3 is 5.97 Å². The van der Waals surface area contributed by atoms with E-state index in [1.54, 1.807) is 36.6 Å². The molecule has 156 valence electrons. The van der Waals surface area contributed by atoms with E-state index in [4.69, 9.17) is 4.74 Å². The van der Waals surface area contributed by atoms with Crippen LogP contribution >= 0.6 is 11.3 Å². The van der Waals surface area contributed by atoms with Crippen molar-refractivity contribution in [2.24, 2.45) is 5.92 Å². The molecule has 1 aliphatic rings. The van der Waals surface area contributed by atoms with Crippen LogP contribution in [0, 0.1) is 19.8 Å². The molecule has 0 spiro atoms. The normalized spacial score (nSPS) is 18.9. The van der Waals surface area contributed by atoms with Crippen molar-refractivity contribution < 1.29 is 22.7 Å². The molecule has 1 fully saturated rings. The van der Waals surface area contributed by atoms with Gasteiger partial charge < -0.3 is 4.74 Å². The van der Waals surface area contributed by atoms with Crippen molar-refractivity contribution in [3.8, 4) is 0 Å². The first-order valence-electron chi connectivity index (χ1n) is 9.55. The van der Waals surface area contributed by atoms with Gasteiger partial charge in [-0.25, -0.2) is 8.42 Å². The summed E-state index contributed by atoms with van der Waals surface area (Å²) in [6, 6.07) is 8.63. The number of Topliss-reactive ketones (excluding diaryl/α,β-unsaturated/α-hetero) is 1. The Balaban J connectivity index is 1.65. The molecule has 2 heterocycles. The molecule has 1 saturated heterocycles. The van der Waals surface area contributed by atoms with Crippen molar-refractivity contribution >= 4 is 33.1 Å². The molecule has 2 aromatic rings. The van der Waals surface area contributed by atoms with Gasteiger partial charge in [-0.05, 0) is 62.3 Å². The number of sulfonamides is 1. The van der Waals surface area contributed by atoms with Crippen LogP contribution in [-0.2, 0) is 19.6 Å². The van der Waals surface area contributed by atoms with E-state index in [9.17, 15) is 18.0 Å². The summed E-state index contributed by atoms with van der Waals surface area (Å²) in [6.45, 7) is 5.89. The van der Waals surface area contributed by atoms with Gasteiger partial charge in [-0.3, -0.25) is 9.59 Å². The number of aryl methyl sites for hydroxylation is 2. The molecule has 0 unspecified atom stereocenters. The quantitative estimate of drug-likeness (QED) is 0.512. The summed E-state index contributed by atoms with van der Waals surface area (Å²) in [5.74, 6) is -1.37. The summed E-state index contributed by atoms with van der Waals surface area (Å²) in [5, 5.41) is 1.71. The number of benzene rings is 1. The number of ether oxygens (including phenoxy) is 1. The molecule has 29 heavy (non-hydrogen) atoms. The molecule has 0 saturated carbocycles. The molecular formula is C21H25NO5S2. The fourth-order valence-electron chi connectivity index (χ4n) is 3.34. The van der Waals surface area contributed by atoms with E-state index in [0.29, 0.717) is 24.9 Å². The largest absolute Gasteiger partial charge is 0.454 e. The van der Waals surface area contributed by atoms with Gasteiger partial charge in [0.25, 0.3) is 10.0 Å². The summed E-state index contributed by atoms with van der Waals surface area (Å²) in [4.78, 5) is 25.3. The average molecular weight is 436 g/mol. The van der Waals surface area contributed by atoms with Gasteiger partial charge in [-0.1, -0.05) is 18.2 Å². The number of nitrogens with zero attached hydrogens (tertiary/aromatic N) is 1. The van der Waals surface area contributed by atoms with E-state index in [0.717, 1.165) is 22.5 Å². The van der Waals surface area contributed by atoms with Crippen LogP contribution in [0.1, 0.15) is 41.3 Å². The van der Waals surface area contributed by atoms with Crippen LogP contribution in [0.2, 0.25) is 0 Å². The second-order valence-corrected chi connectivity index (χ2v) is 10.5. The summed E-state index contributed by atoms with van der Waals surface area (Å²) < 4.78 is 32.5. The van der Waals surface area contributed by atoms with Gasteiger partial charge in [-0.2, -0.15) is 4.31 Å². The van der Waals surface area contributed by atoms with Crippen LogP contribution < -0.4 is 0 Å². The van der Waals surface area contributed by atoms with Crippen molar-refractivity contribution in [1.82, 2.24) is 4.31 Å². The highest BCUT2D eigenvalue weighted by molar-refractivity contribution is 7.91. The highest BCUT2D eigenvalue weighted by atomic mass is 32.2. The number of esters is 1. The summed E-state index contributed by atoms with van der Waals surface area (Å²) in [5.41, 5.74) is 2.58. The van der Waals surface area contributed by atoms with Gasteiger partial charge in [-0.15, -0.1) is 11.3 Å². The van der Waals surface area contributed by atoms with Gasteiger partial charge in [0.15, 0.2) is 6.10 Å². The monoisotopic (exact) mass is 435 g/mol. The maximum Gasteiger partial charge on any atom is 0.310 e. The van der Waals surface area contributed by atoms with E-state index in [1.807, 2.05) is 19.9 Å². The van der Waals surface area contributed by atoms with Crippen molar-refractivity contribution in [3.05, 3.63) is 52.4 Å². The SMILES string of the molecule is Cc1ccc(C(=O)[C@@H](C)OC(=O)[C@@H]2CCCN(S(=O)(=O)c3cccs3)C2)cc1C. The molecule has 6 nitrogen and oxygen atoms in total. The fourth-order valence-corrected chi connectivity index (χ4v) is 6.01. The number of carbonyl (C=O) groups is 2. The highest BCUT2D eigenvalue weighted by Gasteiger charge is 2.35. The predicted molar refractivity (Wildman–Crippen MR) is 112 cm³/mol. The molecule has 0 N–H and O–H groups in total. The molecule has 0 bridgehead atoms. The third-order valence-corrected chi connectivity index (χ3v) is 8.50. The maximum atomic E-state index is 12.7. The van der Waals surface area contributed by atoms with E-state index in [-0.39, 0.29) is 16.5 Å². The Kier molecular flexibility index (Phi) is 6.55. The van der Waals surface area contributed by atoms with E-state index < -0.39 is 28.0 Å². The van der Waals surface area contributed by atoms with E-state index in [2.05, 4.69) is 0 Å². The molecule has 1 aliphatic heterocycles. The van der Waals surface area contributed by atoms with Crippen LogP contribution in [0.25, 0.3) is 0 Å². The zero-order chi connectivity index (χ0) is 21.2. The number of hydrogen-bond donors (Lipinski definition) is 0. The topological polar surface area (TPSA) is 80.8 Å². The van der Waals surface area contributed by atoms with E-state index in [1.165, 1.54) is 4.31 Å². The number of piperidine rings is 1. The van der Waals surface area contributed by atoms with Gasteiger partial charge in [0.1, 0.15) is 4.21 Å². The fraction of sp³-hybridized carbons (Fsp3) is 0.429. The minimum atomic E-state index is -3.60. The Morgan fingerprint density at radius 2 is 1.97 bits per heavy atom. The lowest BCUT2D eigenvalue weighted by molar-refractivity contribution is -0.152. The molecule has 0 aliphatic carbocycles. The van der Waals surface area contributed by atoms with Crippen LogP contribution in [0.4, 0.5) is 0 Å². The third-order valence-electron chi connectivity index (χ3n) is 5.26. The number of thiophene rings is 1. The molecule has 0 amide bonds. The number of carbonyl (C=O) groups excluding carboxylic acids is 2. The second kappa shape index (κ2) is 8.77. The van der Waals surface area contributed by atoms with E-state index >= 15 is 0 Å². The van der Waals surface area contributed by atoms with Crippen LogP contribution in [0.3, 0.4) is 0 Å². The van der Waals surface area contributed by atoms with Gasteiger partial charge in [0, 0.05) is 18.7 Å². The second-order valence-electron chi connectivity index (χ2n) is 7.38. The minimum absolute atomic E-state index is 0.0730. The first kappa shape index (κ1) is 21.7. The number of ketones is 1. The molecule has 1 aromatic heterocycles. The third kappa shape index (κ3) is 4.76. The van der Waals surface area contributed by atoms with Crippen molar-refractivity contribution in [2.75, 3.05) is 13.1 Å². The van der Waals surface area contributed by atoms with Crippen molar-refractivity contribution in [2.45, 2.75) is 43.9 Å². The Morgan fingerprint density at radius 1 is 1.21 bits per heavy atom. The Hall–Kier alpha value is -2.03. The number of rotatable bonds is 6. The average Bonchev–Trinajstić information content (AvgIpc) is 3.25. The summed E-state index contributed by atoms with van der Waals surface area (Å²) in [6.07, 6.45) is 0.192. The first-order chi connectivity index (χ1) is 13.7. The zero-order valence-corrected chi connectivity index (χ0v) is 18.4. The first-order valence-corrected chi connectivity index (χ1v) is 11.9. The zero-order valence-electron chi connectivity index (χ0n) is 16.8. The summed E-state index contributed by atoms with van der Waals surface area (Å²) >= 11 is 1.16. The Labute approximate surface area is 175 Å². The predicted octanol–water partition coefficient (Wildman–Crippen LogP) is 3.58. The molecule has 8 heteroatoms. The molecular weight excluding hydrogens is 410 g/mol. The van der Waals surface area contributed by atoms with Gasteiger partial charge in [0.05, 0.1) is 5.92 Å². The lowest BCUT2D eigenvalue weighted by Gasteiger charge is -2.30. The Morgan fingerprint density at radius 3 is 2.62 bits per heavy atom. The minimum Gasteiger partial charge on any atom is -0.454 e. The van der Waals surface area contributed by atoms with Gasteiger partial charge in [0.2, 0.25) is 5.78 Å². The van der Waals surface area contributed by atoms with Crippen LogP contribution in [0.15, 0.2) is 39.9 Å². The van der Waals surface area contributed by atoms with Crippen LogP contribution in [-0.4, -0.2) is 43.7 Å². The smallest absolute Gasteiger partial charge is 0.310 e. The molecule has 2 atom stereocenters. The lowest BCUT2D eigenvalue weighted by Crippen LogP contribution is -2.43. The molecule has 3 rings (SSSR count). The maximum absolute atomic E-state index is 12.7. The molecule has 1 aromatic carbocycles. The lowest BCUT2D eigenvalue weighted by atomic mass is 9.99. The van der Waals surface area contributed by atoms with Crippen molar-refractivity contribution in [3.63, 3.8) is 0 Å². The highest BCUT2D eigenvalue weighted by Crippen LogP contribution is 2.27. The number of hydrogen-bond acceptors (Lipinski definition) is 6. The molecule has 0 radical (unpaired) electrons. The van der Waals surface area contributed by atoms with Crippen LogP contribution in [0.5, 0.6) is 0 Å². The standard InChI is InChI=1S/C21H25NO5S2/c1-14-8-9-17(12-15(14)2)20(23)16(3)27-21(24)18-6-4-10-22(13-18)29(25,26)19-7-5-11-28-19/h5,7-9,11-12,16,18H,4,6,10,13H2,1-3H3/t16-,18-/m1/s1.